The van der Waals surface area contributed by atoms with Gasteiger partial charge in [0.25, 0.3) is 5.97 Å². The molecule has 0 saturated carbocycles. The summed E-state index contributed by atoms with van der Waals surface area (Å²) in [4.78, 5) is 16.6. The summed E-state index contributed by atoms with van der Waals surface area (Å²) in [5.41, 5.74) is 5.14. The molecule has 9 nitrogen and oxygen atoms in total. The molecule has 0 spiro atoms. The van der Waals surface area contributed by atoms with E-state index in [1.807, 2.05) is 0 Å². The smallest absolute Gasteiger partial charge is 0.343 e. The maximum Gasteiger partial charge on any atom is 0.492 e. The number of phosphoric acid groups is 2. The largest absolute Gasteiger partial charge is 0.492 e. The topological polar surface area (TPSA) is 149 Å². The highest BCUT2D eigenvalue weighted by Crippen LogP contribution is 2.71. The SMILES string of the molecule is NCCCC1(O)OP(=O)(OP(=O)(O)O)O1. The van der Waals surface area contributed by atoms with Gasteiger partial charge >= 0.3 is 15.6 Å². The number of nitrogens with two attached hydrogens (primary N) is 1. The van der Waals surface area contributed by atoms with Crippen molar-refractivity contribution in [1.29, 1.82) is 0 Å². The van der Waals surface area contributed by atoms with Gasteiger partial charge < -0.3 is 20.6 Å². The quantitative estimate of drug-likeness (QED) is 0.487. The number of hydrogen-bond acceptors (Lipinski definition) is 7. The lowest BCUT2D eigenvalue weighted by atomic mass is 10.3. The molecule has 1 saturated heterocycles. The molecule has 1 heterocycles. The van der Waals surface area contributed by atoms with E-state index in [4.69, 9.17) is 15.5 Å². The van der Waals surface area contributed by atoms with Crippen molar-refractivity contribution in [2.24, 2.45) is 5.73 Å². The Kier molecular flexibility index (Phi) is 3.72. The molecule has 0 aromatic carbocycles. The van der Waals surface area contributed by atoms with Crippen molar-refractivity contribution in [2.45, 2.75) is 18.8 Å². The molecule has 90 valence electrons. The molecule has 1 aliphatic heterocycles. The molecule has 15 heavy (non-hydrogen) atoms. The molecule has 0 atom stereocenters. The van der Waals surface area contributed by atoms with E-state index in [9.17, 15) is 14.2 Å². The van der Waals surface area contributed by atoms with Crippen molar-refractivity contribution in [1.82, 2.24) is 0 Å². The first-order chi connectivity index (χ1) is 6.68. The van der Waals surface area contributed by atoms with E-state index in [1.165, 1.54) is 0 Å². The van der Waals surface area contributed by atoms with Gasteiger partial charge in [0.05, 0.1) is 0 Å². The van der Waals surface area contributed by atoms with Crippen LogP contribution in [0.2, 0.25) is 0 Å². The van der Waals surface area contributed by atoms with Crippen LogP contribution in [-0.2, 0) is 22.5 Å². The average molecular weight is 263 g/mol. The molecule has 0 aromatic heterocycles. The molecule has 1 aliphatic rings. The fraction of sp³-hybridized carbons (Fsp3) is 1.00. The Morgan fingerprint density at radius 2 is 2.00 bits per heavy atom. The summed E-state index contributed by atoms with van der Waals surface area (Å²) >= 11 is 0. The molecule has 0 radical (unpaired) electrons. The summed E-state index contributed by atoms with van der Waals surface area (Å²) in [6, 6.07) is 0. The second-order valence-electron chi connectivity index (χ2n) is 2.81. The molecule has 0 aromatic rings. The monoisotopic (exact) mass is 263 g/mol. The molecular weight excluding hydrogens is 252 g/mol. The van der Waals surface area contributed by atoms with E-state index in [-0.39, 0.29) is 13.0 Å². The minimum atomic E-state index is -4.98. The summed E-state index contributed by atoms with van der Waals surface area (Å²) in [5.74, 6) is -2.13. The second kappa shape index (κ2) is 4.21. The minimum absolute atomic E-state index is 0.0714. The van der Waals surface area contributed by atoms with Crippen LogP contribution in [0, 0.1) is 0 Å². The molecule has 1 fully saturated rings. The highest BCUT2D eigenvalue weighted by Gasteiger charge is 2.58. The maximum absolute atomic E-state index is 11.1. The lowest BCUT2D eigenvalue weighted by Crippen LogP contribution is -2.43. The van der Waals surface area contributed by atoms with E-state index >= 15 is 0 Å². The van der Waals surface area contributed by atoms with Crippen molar-refractivity contribution in [3.63, 3.8) is 0 Å². The number of rotatable bonds is 5. The van der Waals surface area contributed by atoms with Crippen molar-refractivity contribution in [3.05, 3.63) is 0 Å². The third-order valence-electron chi connectivity index (χ3n) is 1.41. The number of hydrogen-bond donors (Lipinski definition) is 4. The van der Waals surface area contributed by atoms with Gasteiger partial charge in [0.15, 0.2) is 0 Å². The van der Waals surface area contributed by atoms with Crippen LogP contribution in [0.1, 0.15) is 12.8 Å². The van der Waals surface area contributed by atoms with Crippen LogP contribution in [0.5, 0.6) is 0 Å². The lowest BCUT2D eigenvalue weighted by Gasteiger charge is -2.40. The van der Waals surface area contributed by atoms with Crippen LogP contribution in [0.25, 0.3) is 0 Å². The number of aliphatic hydroxyl groups is 1. The van der Waals surface area contributed by atoms with Gasteiger partial charge in [0.2, 0.25) is 0 Å². The first-order valence-corrected chi connectivity index (χ1v) is 6.88. The Balaban J connectivity index is 2.47. The Hall–Kier alpha value is 0.180. The zero-order chi connectivity index (χ0) is 11.7. The molecule has 0 aliphatic carbocycles. The predicted molar refractivity (Wildman–Crippen MR) is 46.1 cm³/mol. The van der Waals surface area contributed by atoms with Gasteiger partial charge in [-0.25, -0.2) is 18.2 Å². The first-order valence-electron chi connectivity index (χ1n) is 3.89. The van der Waals surface area contributed by atoms with E-state index in [0.29, 0.717) is 6.42 Å². The van der Waals surface area contributed by atoms with Crippen molar-refractivity contribution in [2.75, 3.05) is 6.54 Å². The first kappa shape index (κ1) is 13.2. The van der Waals surface area contributed by atoms with Crippen LogP contribution in [0.15, 0.2) is 0 Å². The molecule has 11 heteroatoms. The van der Waals surface area contributed by atoms with Gasteiger partial charge in [-0.2, -0.15) is 4.31 Å². The third kappa shape index (κ3) is 3.92. The van der Waals surface area contributed by atoms with Crippen molar-refractivity contribution >= 4 is 15.6 Å². The van der Waals surface area contributed by atoms with Crippen LogP contribution >= 0.6 is 15.6 Å². The van der Waals surface area contributed by atoms with Gasteiger partial charge in [-0.1, -0.05) is 0 Å². The van der Waals surface area contributed by atoms with E-state index in [2.05, 4.69) is 13.4 Å². The van der Waals surface area contributed by atoms with Crippen LogP contribution in [-0.4, -0.2) is 27.4 Å². The Morgan fingerprint density at radius 3 is 2.40 bits per heavy atom. The lowest BCUT2D eigenvalue weighted by molar-refractivity contribution is -0.347. The normalized spacial score (nSPS) is 36.3. The Labute approximate surface area is 85.0 Å². The van der Waals surface area contributed by atoms with Crippen LogP contribution < -0.4 is 5.73 Å². The second-order valence-corrected chi connectivity index (χ2v) is 5.70. The van der Waals surface area contributed by atoms with Crippen molar-refractivity contribution < 1.29 is 37.4 Å². The van der Waals surface area contributed by atoms with E-state index < -0.39 is 21.6 Å². The molecule has 5 N–H and O–H groups in total. The van der Waals surface area contributed by atoms with E-state index in [0.717, 1.165) is 0 Å². The van der Waals surface area contributed by atoms with Crippen LogP contribution in [0.4, 0.5) is 0 Å². The summed E-state index contributed by atoms with van der Waals surface area (Å²) in [5, 5.41) is 9.27. The zero-order valence-electron chi connectivity index (χ0n) is 7.48. The van der Waals surface area contributed by atoms with Gasteiger partial charge in [-0.3, -0.25) is 0 Å². The summed E-state index contributed by atoms with van der Waals surface area (Å²) in [6.45, 7) is 0.249. The molecule has 0 amide bonds. The molecule has 0 bridgehead atoms. The standard InChI is InChI=1S/C4H11NO8P2/c5-3-1-2-4(6)11-15(10,12-4)13-14(7,8)9/h6H,1-3,5H2,(H2,7,8,9). The van der Waals surface area contributed by atoms with Gasteiger partial charge in [0, 0.05) is 6.42 Å². The summed E-state index contributed by atoms with van der Waals surface area (Å²) in [6.07, 6.45) is 0.254. The Morgan fingerprint density at radius 1 is 1.47 bits per heavy atom. The highest BCUT2D eigenvalue weighted by atomic mass is 31.3. The summed E-state index contributed by atoms with van der Waals surface area (Å²) < 4.78 is 33.8. The average Bonchev–Trinajstić information content (AvgIpc) is 1.94. The fourth-order valence-electron chi connectivity index (χ4n) is 0.937. The van der Waals surface area contributed by atoms with E-state index in [1.54, 1.807) is 0 Å². The predicted octanol–water partition coefficient (Wildman–Crippen LogP) is -0.364. The van der Waals surface area contributed by atoms with Gasteiger partial charge in [-0.05, 0) is 13.0 Å². The summed E-state index contributed by atoms with van der Waals surface area (Å²) in [7, 11) is -9.31. The molecular formula is C4H11NO8P2. The van der Waals surface area contributed by atoms with Gasteiger partial charge in [0.1, 0.15) is 0 Å². The number of phosphoric ester groups is 1. The Bertz CT molecular complexity index is 315. The minimum Gasteiger partial charge on any atom is -0.343 e. The fourth-order valence-corrected chi connectivity index (χ4v) is 3.14. The van der Waals surface area contributed by atoms with Gasteiger partial charge in [-0.15, -0.1) is 0 Å². The molecule has 0 unspecified atom stereocenters. The maximum atomic E-state index is 11.1. The van der Waals surface area contributed by atoms with Crippen molar-refractivity contribution in [3.8, 4) is 0 Å². The zero-order valence-corrected chi connectivity index (χ0v) is 9.26. The third-order valence-corrected chi connectivity index (χ3v) is 4.08. The van der Waals surface area contributed by atoms with Crippen LogP contribution in [0.3, 0.4) is 0 Å². The highest BCUT2D eigenvalue weighted by molar-refractivity contribution is 7.61. The molecule has 1 rings (SSSR count).